The van der Waals surface area contributed by atoms with Crippen molar-refractivity contribution in [3.8, 4) is 0 Å². The van der Waals surface area contributed by atoms with Gasteiger partial charge in [0.05, 0.1) is 4.90 Å². The molecule has 0 aliphatic rings. The largest absolute Gasteiger partial charge is 0.243 e. The van der Waals surface area contributed by atoms with Crippen LogP contribution in [0.15, 0.2) is 39.9 Å². The van der Waals surface area contributed by atoms with Crippen molar-refractivity contribution in [1.82, 2.24) is 4.31 Å². The summed E-state index contributed by atoms with van der Waals surface area (Å²) in [5, 5.41) is 3.73. The van der Waals surface area contributed by atoms with Gasteiger partial charge in [0.15, 0.2) is 11.6 Å². The van der Waals surface area contributed by atoms with Crippen molar-refractivity contribution in [2.75, 3.05) is 6.54 Å². The predicted molar refractivity (Wildman–Crippen MR) is 78.6 cm³/mol. The third kappa shape index (κ3) is 3.66. The number of rotatable bonds is 6. The first-order valence-electron chi connectivity index (χ1n) is 6.41. The summed E-state index contributed by atoms with van der Waals surface area (Å²) in [6, 6.07) is 4.48. The molecule has 0 unspecified atom stereocenters. The van der Waals surface area contributed by atoms with Gasteiger partial charge in [0.25, 0.3) is 0 Å². The van der Waals surface area contributed by atoms with Crippen LogP contribution in [0.5, 0.6) is 0 Å². The highest BCUT2D eigenvalue weighted by Crippen LogP contribution is 2.21. The molecule has 114 valence electrons. The van der Waals surface area contributed by atoms with Gasteiger partial charge in [-0.25, -0.2) is 17.2 Å². The van der Waals surface area contributed by atoms with E-state index >= 15 is 0 Å². The van der Waals surface area contributed by atoms with E-state index in [1.54, 1.807) is 0 Å². The Morgan fingerprint density at radius 3 is 2.52 bits per heavy atom. The van der Waals surface area contributed by atoms with E-state index < -0.39 is 21.7 Å². The number of hydrogen-bond acceptors (Lipinski definition) is 3. The van der Waals surface area contributed by atoms with Gasteiger partial charge in [-0.3, -0.25) is 0 Å². The summed E-state index contributed by atoms with van der Waals surface area (Å²) in [5.41, 5.74) is 0.875. The second-order valence-electron chi connectivity index (χ2n) is 4.55. The molecule has 2 rings (SSSR count). The van der Waals surface area contributed by atoms with Gasteiger partial charge in [-0.15, -0.1) is 0 Å². The lowest BCUT2D eigenvalue weighted by Crippen LogP contribution is -2.31. The van der Waals surface area contributed by atoms with Gasteiger partial charge in [0.1, 0.15) is 0 Å². The first kappa shape index (κ1) is 16.1. The molecule has 0 radical (unpaired) electrons. The molecule has 1 heterocycles. The van der Waals surface area contributed by atoms with E-state index in [0.29, 0.717) is 13.0 Å². The van der Waals surface area contributed by atoms with Gasteiger partial charge in [0, 0.05) is 13.1 Å². The maximum Gasteiger partial charge on any atom is 0.243 e. The molecule has 0 saturated carbocycles. The minimum absolute atomic E-state index is 0.221. The minimum atomic E-state index is -3.85. The molecule has 0 bridgehead atoms. The number of nitrogens with zero attached hydrogens (tertiary/aromatic N) is 1. The van der Waals surface area contributed by atoms with Gasteiger partial charge in [-0.2, -0.15) is 15.6 Å². The molecule has 0 N–H and O–H groups in total. The van der Waals surface area contributed by atoms with Gasteiger partial charge in [0.2, 0.25) is 10.0 Å². The lowest BCUT2D eigenvalue weighted by molar-refractivity contribution is 0.405. The van der Waals surface area contributed by atoms with Gasteiger partial charge in [-0.1, -0.05) is 6.92 Å². The van der Waals surface area contributed by atoms with Crippen molar-refractivity contribution in [2.45, 2.75) is 24.8 Å². The average molecular weight is 331 g/mol. The molecule has 21 heavy (non-hydrogen) atoms. The SMILES string of the molecule is CCCN(Cc1ccsc1)S(=O)(=O)c1ccc(F)c(F)c1. The Labute approximate surface area is 126 Å². The van der Waals surface area contributed by atoms with Crippen LogP contribution in [0.4, 0.5) is 8.78 Å². The minimum Gasteiger partial charge on any atom is -0.207 e. The summed E-state index contributed by atoms with van der Waals surface area (Å²) in [6.45, 7) is 2.40. The molecule has 0 aliphatic carbocycles. The van der Waals surface area contributed by atoms with E-state index in [1.165, 1.54) is 15.6 Å². The van der Waals surface area contributed by atoms with Gasteiger partial charge >= 0.3 is 0 Å². The van der Waals surface area contributed by atoms with Crippen LogP contribution < -0.4 is 0 Å². The Morgan fingerprint density at radius 2 is 1.95 bits per heavy atom. The summed E-state index contributed by atoms with van der Waals surface area (Å²) in [7, 11) is -3.85. The van der Waals surface area contributed by atoms with Crippen molar-refractivity contribution in [3.63, 3.8) is 0 Å². The van der Waals surface area contributed by atoms with E-state index in [1.807, 2.05) is 23.8 Å². The van der Waals surface area contributed by atoms with Crippen molar-refractivity contribution in [3.05, 3.63) is 52.2 Å². The number of hydrogen-bond donors (Lipinski definition) is 0. The van der Waals surface area contributed by atoms with Crippen LogP contribution in [0, 0.1) is 11.6 Å². The molecule has 7 heteroatoms. The quantitative estimate of drug-likeness (QED) is 0.810. The Hall–Kier alpha value is -1.31. The molecular weight excluding hydrogens is 316 g/mol. The van der Waals surface area contributed by atoms with E-state index in [-0.39, 0.29) is 11.4 Å². The Morgan fingerprint density at radius 1 is 1.19 bits per heavy atom. The highest BCUT2D eigenvalue weighted by Gasteiger charge is 2.25. The van der Waals surface area contributed by atoms with Crippen LogP contribution in [0.2, 0.25) is 0 Å². The smallest absolute Gasteiger partial charge is 0.207 e. The van der Waals surface area contributed by atoms with E-state index in [0.717, 1.165) is 23.8 Å². The van der Waals surface area contributed by atoms with Crippen LogP contribution in [0.25, 0.3) is 0 Å². The molecule has 1 aromatic heterocycles. The molecular formula is C14H15F2NO2S2. The lowest BCUT2D eigenvalue weighted by Gasteiger charge is -2.21. The molecule has 0 aliphatic heterocycles. The first-order valence-corrected chi connectivity index (χ1v) is 8.79. The molecule has 0 saturated heterocycles. The van der Waals surface area contributed by atoms with Crippen LogP contribution in [0.3, 0.4) is 0 Å². The Kier molecular flexibility index (Phi) is 5.08. The van der Waals surface area contributed by atoms with Crippen molar-refractivity contribution < 1.29 is 17.2 Å². The third-order valence-electron chi connectivity index (χ3n) is 2.94. The topological polar surface area (TPSA) is 37.4 Å². The normalized spacial score (nSPS) is 12.0. The highest BCUT2D eigenvalue weighted by atomic mass is 32.2. The molecule has 3 nitrogen and oxygen atoms in total. The van der Waals surface area contributed by atoms with E-state index in [9.17, 15) is 17.2 Å². The van der Waals surface area contributed by atoms with Gasteiger partial charge in [-0.05, 0) is 47.0 Å². The van der Waals surface area contributed by atoms with E-state index in [4.69, 9.17) is 0 Å². The fourth-order valence-corrected chi connectivity index (χ4v) is 4.10. The predicted octanol–water partition coefficient (Wildman–Crippen LogP) is 3.63. The summed E-state index contributed by atoms with van der Waals surface area (Å²) in [6.07, 6.45) is 0.632. The van der Waals surface area contributed by atoms with E-state index in [2.05, 4.69) is 0 Å². The van der Waals surface area contributed by atoms with Crippen LogP contribution in [-0.4, -0.2) is 19.3 Å². The summed E-state index contributed by atoms with van der Waals surface area (Å²) in [4.78, 5) is -0.231. The second-order valence-corrected chi connectivity index (χ2v) is 7.26. The summed E-state index contributed by atoms with van der Waals surface area (Å²) >= 11 is 1.48. The molecule has 0 spiro atoms. The standard InChI is InChI=1S/C14H15F2NO2S2/c1-2-6-17(9-11-5-7-20-10-11)21(18,19)12-3-4-13(15)14(16)8-12/h3-5,7-8,10H,2,6,9H2,1H3. The van der Waals surface area contributed by atoms with Crippen molar-refractivity contribution >= 4 is 21.4 Å². The second kappa shape index (κ2) is 6.64. The zero-order chi connectivity index (χ0) is 15.5. The number of sulfonamides is 1. The van der Waals surface area contributed by atoms with Crippen LogP contribution in [0.1, 0.15) is 18.9 Å². The Bertz CT molecular complexity index is 700. The highest BCUT2D eigenvalue weighted by molar-refractivity contribution is 7.89. The monoisotopic (exact) mass is 331 g/mol. The molecule has 2 aromatic rings. The Balaban J connectivity index is 2.34. The average Bonchev–Trinajstić information content (AvgIpc) is 2.94. The zero-order valence-corrected chi connectivity index (χ0v) is 13.1. The van der Waals surface area contributed by atoms with Crippen molar-refractivity contribution in [2.24, 2.45) is 0 Å². The number of thiophene rings is 1. The number of benzene rings is 1. The van der Waals surface area contributed by atoms with Crippen LogP contribution in [-0.2, 0) is 16.6 Å². The first-order chi connectivity index (χ1) is 9.95. The fourth-order valence-electron chi connectivity index (χ4n) is 1.91. The molecule has 1 aromatic carbocycles. The number of halogens is 2. The van der Waals surface area contributed by atoms with Crippen LogP contribution >= 0.6 is 11.3 Å². The maximum atomic E-state index is 13.3. The van der Waals surface area contributed by atoms with Gasteiger partial charge < -0.3 is 0 Å². The zero-order valence-electron chi connectivity index (χ0n) is 11.4. The molecule has 0 amide bonds. The molecule has 0 fully saturated rings. The summed E-state index contributed by atoms with van der Waals surface area (Å²) in [5.74, 6) is -2.23. The maximum absolute atomic E-state index is 13.3. The van der Waals surface area contributed by atoms with Crippen molar-refractivity contribution in [1.29, 1.82) is 0 Å². The molecule has 0 atom stereocenters. The fraction of sp³-hybridized carbons (Fsp3) is 0.286. The third-order valence-corrected chi connectivity index (χ3v) is 5.51. The lowest BCUT2D eigenvalue weighted by atomic mass is 10.3. The summed E-state index contributed by atoms with van der Waals surface area (Å²) < 4.78 is 52.6.